The standard InChI is InChI=1S/C11H13FN2O/c1-13-7-10-6-11(14-15-10)8-2-4-9(12)5-3-8/h2-5,10,13H,6-7H2,1H3/p+1/t10-/m1/s1. The van der Waals surface area contributed by atoms with E-state index >= 15 is 0 Å². The van der Waals surface area contributed by atoms with E-state index in [1.54, 1.807) is 12.1 Å². The molecule has 1 aliphatic rings. The lowest BCUT2D eigenvalue weighted by Gasteiger charge is -2.03. The normalized spacial score (nSPS) is 19.9. The van der Waals surface area contributed by atoms with Gasteiger partial charge in [-0.2, -0.15) is 0 Å². The van der Waals surface area contributed by atoms with Gasteiger partial charge in [0.2, 0.25) is 0 Å². The Morgan fingerprint density at radius 1 is 1.47 bits per heavy atom. The van der Waals surface area contributed by atoms with E-state index in [9.17, 15) is 4.39 Å². The lowest BCUT2D eigenvalue weighted by atomic mass is 10.1. The Morgan fingerprint density at radius 2 is 2.20 bits per heavy atom. The summed E-state index contributed by atoms with van der Waals surface area (Å²) in [5.74, 6) is -0.225. The summed E-state index contributed by atoms with van der Waals surface area (Å²) in [6.07, 6.45) is 0.950. The molecule has 0 radical (unpaired) electrons. The third kappa shape index (κ3) is 2.33. The highest BCUT2D eigenvalue weighted by Gasteiger charge is 2.22. The van der Waals surface area contributed by atoms with Crippen LogP contribution >= 0.6 is 0 Å². The van der Waals surface area contributed by atoms with E-state index in [1.807, 2.05) is 7.05 Å². The number of benzene rings is 1. The molecule has 15 heavy (non-hydrogen) atoms. The van der Waals surface area contributed by atoms with Gasteiger partial charge in [0, 0.05) is 6.42 Å². The van der Waals surface area contributed by atoms with Crippen molar-refractivity contribution in [1.29, 1.82) is 0 Å². The minimum atomic E-state index is -0.225. The molecule has 0 aromatic heterocycles. The maximum atomic E-state index is 12.7. The average molecular weight is 209 g/mol. The van der Waals surface area contributed by atoms with E-state index in [4.69, 9.17) is 4.84 Å². The van der Waals surface area contributed by atoms with Gasteiger partial charge in [-0.25, -0.2) is 4.39 Å². The Morgan fingerprint density at radius 3 is 2.87 bits per heavy atom. The van der Waals surface area contributed by atoms with Gasteiger partial charge in [-0.05, 0) is 17.7 Å². The summed E-state index contributed by atoms with van der Waals surface area (Å²) >= 11 is 0. The lowest BCUT2D eigenvalue weighted by Crippen LogP contribution is -2.82. The Kier molecular flexibility index (Phi) is 2.97. The first-order valence-corrected chi connectivity index (χ1v) is 5.06. The molecular formula is C11H14FN2O+. The van der Waals surface area contributed by atoms with Gasteiger partial charge < -0.3 is 10.2 Å². The van der Waals surface area contributed by atoms with Crippen LogP contribution in [0.2, 0.25) is 0 Å². The molecule has 0 saturated heterocycles. The van der Waals surface area contributed by atoms with Gasteiger partial charge in [-0.15, -0.1) is 0 Å². The zero-order valence-electron chi connectivity index (χ0n) is 8.61. The van der Waals surface area contributed by atoms with Crippen molar-refractivity contribution in [3.8, 4) is 0 Å². The van der Waals surface area contributed by atoms with E-state index in [2.05, 4.69) is 10.5 Å². The van der Waals surface area contributed by atoms with Crippen molar-refractivity contribution in [1.82, 2.24) is 0 Å². The molecule has 1 heterocycles. The predicted molar refractivity (Wildman–Crippen MR) is 55.1 cm³/mol. The second-order valence-corrected chi connectivity index (χ2v) is 3.62. The average Bonchev–Trinajstić information content (AvgIpc) is 2.68. The van der Waals surface area contributed by atoms with Gasteiger partial charge >= 0.3 is 0 Å². The van der Waals surface area contributed by atoms with Crippen LogP contribution in [0.4, 0.5) is 4.39 Å². The van der Waals surface area contributed by atoms with Crippen LogP contribution in [0.5, 0.6) is 0 Å². The van der Waals surface area contributed by atoms with E-state index in [-0.39, 0.29) is 11.9 Å². The van der Waals surface area contributed by atoms with E-state index < -0.39 is 0 Å². The molecule has 0 saturated carbocycles. The van der Waals surface area contributed by atoms with Gasteiger partial charge in [-0.1, -0.05) is 17.3 Å². The number of quaternary nitrogens is 1. The molecule has 1 atom stereocenters. The number of rotatable bonds is 3. The summed E-state index contributed by atoms with van der Waals surface area (Å²) in [6, 6.07) is 6.35. The molecule has 0 amide bonds. The van der Waals surface area contributed by atoms with E-state index in [0.29, 0.717) is 0 Å². The first-order valence-electron chi connectivity index (χ1n) is 5.06. The van der Waals surface area contributed by atoms with Crippen molar-refractivity contribution >= 4 is 5.71 Å². The largest absolute Gasteiger partial charge is 0.386 e. The van der Waals surface area contributed by atoms with Crippen molar-refractivity contribution in [3.63, 3.8) is 0 Å². The fourth-order valence-electron chi connectivity index (χ4n) is 1.63. The number of halogens is 1. The third-order valence-corrected chi connectivity index (χ3v) is 2.41. The summed E-state index contributed by atoms with van der Waals surface area (Å²) < 4.78 is 12.7. The van der Waals surface area contributed by atoms with Crippen LogP contribution in [0.3, 0.4) is 0 Å². The second kappa shape index (κ2) is 4.40. The maximum absolute atomic E-state index is 12.7. The molecule has 0 spiro atoms. The van der Waals surface area contributed by atoms with Crippen LogP contribution in [0.15, 0.2) is 29.4 Å². The van der Waals surface area contributed by atoms with Crippen molar-refractivity contribution in [2.75, 3.05) is 13.6 Å². The highest BCUT2D eigenvalue weighted by atomic mass is 19.1. The molecule has 1 aliphatic heterocycles. The molecule has 3 nitrogen and oxygen atoms in total. The zero-order chi connectivity index (χ0) is 10.7. The van der Waals surface area contributed by atoms with Crippen molar-refractivity contribution < 1.29 is 14.5 Å². The number of likely N-dealkylation sites (N-methyl/N-ethyl adjacent to an activating group) is 1. The molecular weight excluding hydrogens is 195 g/mol. The first-order chi connectivity index (χ1) is 7.29. The number of hydrogen-bond donors (Lipinski definition) is 1. The van der Waals surface area contributed by atoms with Crippen LogP contribution in [-0.2, 0) is 4.84 Å². The summed E-state index contributed by atoms with van der Waals surface area (Å²) in [5, 5.41) is 6.07. The van der Waals surface area contributed by atoms with Crippen molar-refractivity contribution in [2.45, 2.75) is 12.5 Å². The minimum absolute atomic E-state index is 0.148. The molecule has 2 rings (SSSR count). The fraction of sp³-hybridized carbons (Fsp3) is 0.364. The SMILES string of the molecule is C[NH2+]C[C@H]1CC(c2ccc(F)cc2)=NO1. The van der Waals surface area contributed by atoms with Gasteiger partial charge in [0.15, 0.2) is 6.10 Å². The number of hydrogen-bond acceptors (Lipinski definition) is 2. The van der Waals surface area contributed by atoms with E-state index in [0.717, 1.165) is 24.2 Å². The topological polar surface area (TPSA) is 38.2 Å². The summed E-state index contributed by atoms with van der Waals surface area (Å²) in [6.45, 7) is 0.897. The molecule has 1 aromatic carbocycles. The van der Waals surface area contributed by atoms with E-state index in [1.165, 1.54) is 12.1 Å². The smallest absolute Gasteiger partial charge is 0.181 e. The van der Waals surface area contributed by atoms with Gasteiger partial charge in [0.25, 0.3) is 0 Å². The highest BCUT2D eigenvalue weighted by Crippen LogP contribution is 2.15. The monoisotopic (exact) mass is 209 g/mol. The summed E-state index contributed by atoms with van der Waals surface area (Å²) in [7, 11) is 2.00. The first kappa shape index (κ1) is 10.1. The summed E-state index contributed by atoms with van der Waals surface area (Å²) in [5.41, 5.74) is 1.84. The van der Waals surface area contributed by atoms with Crippen LogP contribution < -0.4 is 5.32 Å². The Bertz CT molecular complexity index is 361. The van der Waals surface area contributed by atoms with Gasteiger partial charge in [0.1, 0.15) is 12.4 Å². The maximum Gasteiger partial charge on any atom is 0.181 e. The molecule has 2 N–H and O–H groups in total. The number of nitrogens with zero attached hydrogens (tertiary/aromatic N) is 1. The van der Waals surface area contributed by atoms with Crippen LogP contribution in [0, 0.1) is 5.82 Å². The molecule has 1 aromatic rings. The van der Waals surface area contributed by atoms with Crippen LogP contribution in [0.1, 0.15) is 12.0 Å². The lowest BCUT2D eigenvalue weighted by molar-refractivity contribution is -0.633. The molecule has 0 fully saturated rings. The van der Waals surface area contributed by atoms with Crippen molar-refractivity contribution in [3.05, 3.63) is 35.6 Å². The predicted octanol–water partition coefficient (Wildman–Crippen LogP) is 0.512. The molecule has 0 bridgehead atoms. The second-order valence-electron chi connectivity index (χ2n) is 3.62. The zero-order valence-corrected chi connectivity index (χ0v) is 8.61. The molecule has 4 heteroatoms. The number of oxime groups is 1. The van der Waals surface area contributed by atoms with Crippen LogP contribution in [0.25, 0.3) is 0 Å². The third-order valence-electron chi connectivity index (χ3n) is 2.41. The van der Waals surface area contributed by atoms with Crippen LogP contribution in [-0.4, -0.2) is 25.4 Å². The number of nitrogens with two attached hydrogens (primary N) is 1. The Hall–Kier alpha value is -1.42. The molecule has 80 valence electrons. The Labute approximate surface area is 87.9 Å². The van der Waals surface area contributed by atoms with Gasteiger partial charge in [0.05, 0.1) is 12.8 Å². The quantitative estimate of drug-likeness (QED) is 0.774. The summed E-state index contributed by atoms with van der Waals surface area (Å²) in [4.78, 5) is 5.25. The van der Waals surface area contributed by atoms with Gasteiger partial charge in [-0.3, -0.25) is 0 Å². The Balaban J connectivity index is 2.04. The van der Waals surface area contributed by atoms with Crippen molar-refractivity contribution in [2.24, 2.45) is 5.16 Å². The fourth-order valence-corrected chi connectivity index (χ4v) is 1.63. The molecule has 0 unspecified atom stereocenters. The highest BCUT2D eigenvalue weighted by molar-refractivity contribution is 6.01. The minimum Gasteiger partial charge on any atom is -0.386 e. The molecule has 0 aliphatic carbocycles.